The van der Waals surface area contributed by atoms with Gasteiger partial charge in [-0.15, -0.1) is 0 Å². The van der Waals surface area contributed by atoms with Crippen molar-refractivity contribution >= 4 is 23.8 Å². The first-order valence-corrected chi connectivity index (χ1v) is 6.32. The van der Waals surface area contributed by atoms with Gasteiger partial charge in [0.1, 0.15) is 12.1 Å². The first-order valence-electron chi connectivity index (χ1n) is 6.32. The monoisotopic (exact) mass is 301 g/mol. The Hall–Kier alpha value is -2.16. The van der Waals surface area contributed by atoms with E-state index in [-0.39, 0.29) is 13.0 Å². The summed E-state index contributed by atoms with van der Waals surface area (Å²) in [7, 11) is 1.33. The Morgan fingerprint density at radius 2 is 2.05 bits per heavy atom. The summed E-state index contributed by atoms with van der Waals surface area (Å²) in [6.45, 7) is 2.64. The number of amides is 4. The summed E-state index contributed by atoms with van der Waals surface area (Å²) in [4.78, 5) is 46.5. The molecule has 9 heteroatoms. The summed E-state index contributed by atoms with van der Waals surface area (Å²) in [6, 6.07) is -0.631. The molecule has 1 atom stereocenters. The molecule has 1 unspecified atom stereocenters. The largest absolute Gasteiger partial charge is 0.481 e. The number of hydrogen-bond acceptors (Lipinski definition) is 5. The number of hydrogen-bond donors (Lipinski definition) is 3. The molecular weight excluding hydrogens is 282 g/mol. The van der Waals surface area contributed by atoms with Gasteiger partial charge in [-0.1, -0.05) is 0 Å². The van der Waals surface area contributed by atoms with Crippen LogP contribution in [0.5, 0.6) is 0 Å². The first-order chi connectivity index (χ1) is 9.67. The minimum atomic E-state index is -1.05. The van der Waals surface area contributed by atoms with Crippen molar-refractivity contribution in [3.63, 3.8) is 0 Å². The Kier molecular flexibility index (Phi) is 5.25. The molecule has 1 heterocycles. The van der Waals surface area contributed by atoms with Crippen LogP contribution in [0.25, 0.3) is 0 Å². The number of carbonyl (C=O) groups is 4. The smallest absolute Gasteiger partial charge is 0.325 e. The van der Waals surface area contributed by atoms with Crippen LogP contribution in [0.15, 0.2) is 0 Å². The summed E-state index contributed by atoms with van der Waals surface area (Å²) >= 11 is 0. The summed E-state index contributed by atoms with van der Waals surface area (Å²) < 4.78 is 4.90. The zero-order valence-corrected chi connectivity index (χ0v) is 12.1. The van der Waals surface area contributed by atoms with Crippen molar-refractivity contribution in [3.05, 3.63) is 0 Å². The van der Waals surface area contributed by atoms with Crippen molar-refractivity contribution in [2.24, 2.45) is 0 Å². The number of carboxylic acid groups (broad SMARTS) is 1. The molecule has 1 aliphatic heterocycles. The van der Waals surface area contributed by atoms with E-state index in [1.807, 2.05) is 0 Å². The number of aliphatic carboxylic acids is 1. The molecule has 21 heavy (non-hydrogen) atoms. The molecule has 1 rings (SSSR count). The maximum absolute atomic E-state index is 11.9. The third-order valence-electron chi connectivity index (χ3n) is 3.01. The number of nitrogens with one attached hydrogen (secondary N) is 2. The van der Waals surface area contributed by atoms with E-state index in [9.17, 15) is 19.2 Å². The van der Waals surface area contributed by atoms with Crippen LogP contribution < -0.4 is 10.6 Å². The van der Waals surface area contributed by atoms with E-state index in [1.165, 1.54) is 7.11 Å². The lowest BCUT2D eigenvalue weighted by Crippen LogP contribution is -2.44. The van der Waals surface area contributed by atoms with Crippen LogP contribution in [-0.2, 0) is 19.1 Å². The van der Waals surface area contributed by atoms with Crippen LogP contribution in [0, 0.1) is 0 Å². The fourth-order valence-corrected chi connectivity index (χ4v) is 1.82. The number of imide groups is 1. The van der Waals surface area contributed by atoms with Gasteiger partial charge in [0.05, 0.1) is 12.5 Å². The molecule has 0 aromatic rings. The van der Waals surface area contributed by atoms with Crippen molar-refractivity contribution in [3.8, 4) is 0 Å². The lowest BCUT2D eigenvalue weighted by molar-refractivity contribution is -0.140. The molecule has 0 aromatic heterocycles. The normalized spacial score (nSPS) is 18.3. The molecule has 1 saturated heterocycles. The Morgan fingerprint density at radius 3 is 2.48 bits per heavy atom. The van der Waals surface area contributed by atoms with Gasteiger partial charge < -0.3 is 20.5 Å². The second kappa shape index (κ2) is 6.53. The Morgan fingerprint density at radius 1 is 1.43 bits per heavy atom. The number of nitrogens with zero attached hydrogens (tertiary/aromatic N) is 1. The maximum atomic E-state index is 11.9. The quantitative estimate of drug-likeness (QED) is 0.514. The standard InChI is InChI=1S/C12H19N3O6/c1-12(2)10(19)15(11(20)14-12)6-8(16)13-5-7(21-3)4-9(17)18/h7H,4-6H2,1-3H3,(H,13,16)(H,14,20)(H,17,18). The molecule has 118 valence electrons. The van der Waals surface area contributed by atoms with Crippen LogP contribution in [0.4, 0.5) is 4.79 Å². The second-order valence-corrected chi connectivity index (χ2v) is 5.21. The van der Waals surface area contributed by atoms with Crippen LogP contribution in [0.2, 0.25) is 0 Å². The molecule has 0 spiro atoms. The van der Waals surface area contributed by atoms with Gasteiger partial charge in [0.25, 0.3) is 5.91 Å². The Balaban J connectivity index is 2.49. The number of carbonyl (C=O) groups excluding carboxylic acids is 3. The predicted octanol–water partition coefficient (Wildman–Crippen LogP) is -1.08. The van der Waals surface area contributed by atoms with Crippen molar-refractivity contribution in [1.29, 1.82) is 0 Å². The van der Waals surface area contributed by atoms with E-state index < -0.39 is 42.0 Å². The number of ether oxygens (including phenoxy) is 1. The third kappa shape index (κ3) is 4.42. The molecule has 4 amide bonds. The summed E-state index contributed by atoms with van der Waals surface area (Å²) in [5.41, 5.74) is -1.03. The van der Waals surface area contributed by atoms with E-state index in [0.717, 1.165) is 4.90 Å². The van der Waals surface area contributed by atoms with Gasteiger partial charge in [0.15, 0.2) is 0 Å². The number of rotatable bonds is 7. The van der Waals surface area contributed by atoms with Crippen LogP contribution >= 0.6 is 0 Å². The molecule has 0 bridgehead atoms. The predicted molar refractivity (Wildman–Crippen MR) is 70.4 cm³/mol. The van der Waals surface area contributed by atoms with E-state index in [0.29, 0.717) is 0 Å². The average Bonchev–Trinajstić information content (AvgIpc) is 2.56. The zero-order valence-electron chi connectivity index (χ0n) is 12.1. The van der Waals surface area contributed by atoms with Crippen molar-refractivity contribution < 1.29 is 29.0 Å². The Bertz CT molecular complexity index is 462. The highest BCUT2D eigenvalue weighted by Gasteiger charge is 2.44. The third-order valence-corrected chi connectivity index (χ3v) is 3.01. The van der Waals surface area contributed by atoms with Gasteiger partial charge in [-0.25, -0.2) is 4.79 Å². The fraction of sp³-hybridized carbons (Fsp3) is 0.667. The number of methoxy groups -OCH3 is 1. The lowest BCUT2D eigenvalue weighted by Gasteiger charge is -2.17. The maximum Gasteiger partial charge on any atom is 0.325 e. The highest BCUT2D eigenvalue weighted by molar-refractivity contribution is 6.08. The molecule has 3 N–H and O–H groups in total. The number of urea groups is 1. The SMILES string of the molecule is COC(CNC(=O)CN1C(=O)NC(C)(C)C1=O)CC(=O)O. The summed E-state index contributed by atoms with van der Waals surface area (Å²) in [5, 5.41) is 13.5. The molecule has 0 saturated carbocycles. The van der Waals surface area contributed by atoms with Gasteiger partial charge in [0.2, 0.25) is 5.91 Å². The summed E-state index contributed by atoms with van der Waals surface area (Å²) in [6.07, 6.45) is -0.932. The van der Waals surface area contributed by atoms with Crippen molar-refractivity contribution in [2.75, 3.05) is 20.2 Å². The minimum absolute atomic E-state index is 0.0192. The van der Waals surface area contributed by atoms with Gasteiger partial charge in [-0.3, -0.25) is 19.3 Å². The molecule has 9 nitrogen and oxygen atoms in total. The zero-order chi connectivity index (χ0) is 16.2. The topological polar surface area (TPSA) is 125 Å². The first kappa shape index (κ1) is 16.9. The van der Waals surface area contributed by atoms with Crippen LogP contribution in [-0.4, -0.2) is 65.7 Å². The molecule has 0 radical (unpaired) electrons. The van der Waals surface area contributed by atoms with Gasteiger partial charge in [0, 0.05) is 13.7 Å². The molecule has 0 aromatic carbocycles. The molecule has 1 fully saturated rings. The van der Waals surface area contributed by atoms with Gasteiger partial charge in [-0.05, 0) is 13.8 Å². The minimum Gasteiger partial charge on any atom is -0.481 e. The van der Waals surface area contributed by atoms with E-state index in [2.05, 4.69) is 10.6 Å². The highest BCUT2D eigenvalue weighted by Crippen LogP contribution is 2.15. The van der Waals surface area contributed by atoms with Gasteiger partial charge >= 0.3 is 12.0 Å². The lowest BCUT2D eigenvalue weighted by atomic mass is 10.1. The van der Waals surface area contributed by atoms with Gasteiger partial charge in [-0.2, -0.15) is 0 Å². The fourth-order valence-electron chi connectivity index (χ4n) is 1.82. The van der Waals surface area contributed by atoms with Crippen LogP contribution in [0.1, 0.15) is 20.3 Å². The molecule has 1 aliphatic rings. The molecular formula is C12H19N3O6. The van der Waals surface area contributed by atoms with E-state index in [1.54, 1.807) is 13.8 Å². The second-order valence-electron chi connectivity index (χ2n) is 5.21. The summed E-state index contributed by atoms with van der Waals surface area (Å²) in [5.74, 6) is -2.10. The van der Waals surface area contributed by atoms with E-state index >= 15 is 0 Å². The Labute approximate surface area is 121 Å². The highest BCUT2D eigenvalue weighted by atomic mass is 16.5. The van der Waals surface area contributed by atoms with E-state index in [4.69, 9.17) is 9.84 Å². The van der Waals surface area contributed by atoms with Crippen molar-refractivity contribution in [2.45, 2.75) is 31.9 Å². The van der Waals surface area contributed by atoms with Crippen LogP contribution in [0.3, 0.4) is 0 Å². The number of carboxylic acids is 1. The van der Waals surface area contributed by atoms with Crippen molar-refractivity contribution in [1.82, 2.24) is 15.5 Å². The average molecular weight is 301 g/mol. The molecule has 0 aliphatic carbocycles.